The van der Waals surface area contributed by atoms with Crippen molar-refractivity contribution in [3.05, 3.63) is 59.2 Å². The fourth-order valence-corrected chi connectivity index (χ4v) is 2.47. The minimum Gasteiger partial charge on any atom is -0.490 e. The van der Waals surface area contributed by atoms with Crippen LogP contribution in [0.25, 0.3) is 6.08 Å². The van der Waals surface area contributed by atoms with Gasteiger partial charge in [-0.1, -0.05) is 19.1 Å². The van der Waals surface area contributed by atoms with E-state index in [0.717, 1.165) is 6.42 Å². The minimum atomic E-state index is -1.06. The van der Waals surface area contributed by atoms with E-state index in [-0.39, 0.29) is 11.1 Å². The molecule has 0 radical (unpaired) electrons. The number of nitrogens with one attached hydrogen (secondary N) is 1. The fraction of sp³-hybridized carbons (Fsp3) is 0.227. The number of ether oxygens (including phenoxy) is 2. The summed E-state index contributed by atoms with van der Waals surface area (Å²) in [4.78, 5) is 23.4. The second-order valence-corrected chi connectivity index (χ2v) is 5.96. The first kappa shape index (κ1) is 21.5. The summed E-state index contributed by atoms with van der Waals surface area (Å²) >= 11 is 0. The maximum atomic E-state index is 12.5. The van der Waals surface area contributed by atoms with Gasteiger partial charge in [0.15, 0.2) is 11.5 Å². The topological polar surface area (TPSA) is 109 Å². The SMILES string of the molecule is CCCOc1c(/C=C(\C#N)C(=O)Nc2ccc(C(=O)O)cc2)cccc1OCC. The number of carboxylic acid groups (broad SMARTS) is 1. The van der Waals surface area contributed by atoms with E-state index < -0.39 is 11.9 Å². The summed E-state index contributed by atoms with van der Waals surface area (Å²) in [6.07, 6.45) is 2.23. The van der Waals surface area contributed by atoms with E-state index in [1.165, 1.54) is 30.3 Å². The third-order valence-electron chi connectivity index (χ3n) is 3.81. The molecule has 1 amide bonds. The van der Waals surface area contributed by atoms with Crippen LogP contribution in [-0.4, -0.2) is 30.2 Å². The Hall–Kier alpha value is -3.79. The van der Waals surface area contributed by atoms with Crippen LogP contribution in [0.15, 0.2) is 48.0 Å². The first-order valence-electron chi connectivity index (χ1n) is 9.15. The van der Waals surface area contributed by atoms with Gasteiger partial charge in [-0.05, 0) is 49.8 Å². The predicted molar refractivity (Wildman–Crippen MR) is 109 cm³/mol. The van der Waals surface area contributed by atoms with Gasteiger partial charge in [-0.2, -0.15) is 5.26 Å². The minimum absolute atomic E-state index is 0.101. The molecular formula is C22H22N2O5. The Labute approximate surface area is 169 Å². The number of para-hydroxylation sites is 1. The molecule has 150 valence electrons. The van der Waals surface area contributed by atoms with Gasteiger partial charge in [0.2, 0.25) is 0 Å². The quantitative estimate of drug-likeness (QED) is 0.489. The second-order valence-electron chi connectivity index (χ2n) is 5.96. The zero-order valence-electron chi connectivity index (χ0n) is 16.3. The zero-order chi connectivity index (χ0) is 21.2. The molecule has 0 aliphatic carbocycles. The van der Waals surface area contributed by atoms with E-state index in [2.05, 4.69) is 5.32 Å². The number of rotatable bonds is 9. The maximum Gasteiger partial charge on any atom is 0.335 e. The van der Waals surface area contributed by atoms with Gasteiger partial charge in [0, 0.05) is 11.3 Å². The lowest BCUT2D eigenvalue weighted by Crippen LogP contribution is -2.13. The van der Waals surface area contributed by atoms with Crippen molar-refractivity contribution in [1.29, 1.82) is 5.26 Å². The van der Waals surface area contributed by atoms with Crippen molar-refractivity contribution in [3.8, 4) is 17.6 Å². The number of carbonyl (C=O) groups excluding carboxylic acids is 1. The number of amides is 1. The second kappa shape index (κ2) is 10.5. The molecule has 0 unspecified atom stereocenters. The maximum absolute atomic E-state index is 12.5. The molecule has 7 heteroatoms. The molecule has 0 bridgehead atoms. The Morgan fingerprint density at radius 1 is 1.14 bits per heavy atom. The number of carboxylic acids is 1. The summed E-state index contributed by atoms with van der Waals surface area (Å²) in [7, 11) is 0. The molecule has 29 heavy (non-hydrogen) atoms. The number of nitrogens with zero attached hydrogens (tertiary/aromatic N) is 1. The van der Waals surface area contributed by atoms with Crippen LogP contribution in [0, 0.1) is 11.3 Å². The van der Waals surface area contributed by atoms with Crippen LogP contribution in [-0.2, 0) is 4.79 Å². The lowest BCUT2D eigenvalue weighted by Gasteiger charge is -2.14. The number of hydrogen-bond donors (Lipinski definition) is 2. The first-order chi connectivity index (χ1) is 14.0. The van der Waals surface area contributed by atoms with E-state index in [1.54, 1.807) is 18.2 Å². The number of aromatic carboxylic acids is 1. The van der Waals surface area contributed by atoms with Crippen molar-refractivity contribution < 1.29 is 24.2 Å². The standard InChI is InChI=1S/C22H22N2O5/c1-3-12-29-20-16(6-5-7-19(20)28-4-2)13-17(14-23)21(25)24-18-10-8-15(9-11-18)22(26)27/h5-11,13H,3-4,12H2,1-2H3,(H,24,25)(H,26,27)/b17-13+. The Morgan fingerprint density at radius 3 is 2.45 bits per heavy atom. The average molecular weight is 394 g/mol. The van der Waals surface area contributed by atoms with Gasteiger partial charge in [-0.25, -0.2) is 4.79 Å². The van der Waals surface area contributed by atoms with Crippen LogP contribution in [0.3, 0.4) is 0 Å². The average Bonchev–Trinajstić information content (AvgIpc) is 2.71. The van der Waals surface area contributed by atoms with Gasteiger partial charge in [0.05, 0.1) is 18.8 Å². The van der Waals surface area contributed by atoms with Gasteiger partial charge < -0.3 is 19.9 Å². The highest BCUT2D eigenvalue weighted by molar-refractivity contribution is 6.10. The van der Waals surface area contributed by atoms with Gasteiger partial charge in [-0.15, -0.1) is 0 Å². The van der Waals surface area contributed by atoms with Gasteiger partial charge in [0.1, 0.15) is 11.6 Å². The van der Waals surface area contributed by atoms with Gasteiger partial charge in [-0.3, -0.25) is 4.79 Å². The third-order valence-corrected chi connectivity index (χ3v) is 3.81. The van der Waals surface area contributed by atoms with Crippen LogP contribution >= 0.6 is 0 Å². The monoisotopic (exact) mass is 394 g/mol. The molecule has 0 saturated heterocycles. The summed E-state index contributed by atoms with van der Waals surface area (Å²) in [5.74, 6) is -0.660. The summed E-state index contributed by atoms with van der Waals surface area (Å²) in [6, 6.07) is 12.8. The molecule has 2 rings (SSSR count). The van der Waals surface area contributed by atoms with Crippen molar-refractivity contribution in [2.45, 2.75) is 20.3 Å². The lowest BCUT2D eigenvalue weighted by molar-refractivity contribution is -0.112. The van der Waals surface area contributed by atoms with Crippen molar-refractivity contribution in [1.82, 2.24) is 0 Å². The molecular weight excluding hydrogens is 372 g/mol. The molecule has 7 nitrogen and oxygen atoms in total. The van der Waals surface area contributed by atoms with Crippen molar-refractivity contribution in [2.24, 2.45) is 0 Å². The third kappa shape index (κ3) is 5.84. The molecule has 0 aromatic heterocycles. The first-order valence-corrected chi connectivity index (χ1v) is 9.15. The Kier molecular flexibility index (Phi) is 7.80. The molecule has 0 saturated carbocycles. The van der Waals surface area contributed by atoms with E-state index in [1.807, 2.05) is 19.9 Å². The number of anilines is 1. The number of hydrogen-bond acceptors (Lipinski definition) is 5. The largest absolute Gasteiger partial charge is 0.490 e. The molecule has 0 heterocycles. The highest BCUT2D eigenvalue weighted by atomic mass is 16.5. The lowest BCUT2D eigenvalue weighted by atomic mass is 10.1. The van der Waals surface area contributed by atoms with E-state index in [9.17, 15) is 14.9 Å². The molecule has 2 aromatic rings. The van der Waals surface area contributed by atoms with Crippen LogP contribution < -0.4 is 14.8 Å². The highest BCUT2D eigenvalue weighted by Crippen LogP contribution is 2.33. The van der Waals surface area contributed by atoms with E-state index in [4.69, 9.17) is 14.6 Å². The van der Waals surface area contributed by atoms with Crippen LogP contribution in [0.4, 0.5) is 5.69 Å². The Balaban J connectivity index is 2.30. The summed E-state index contributed by atoms with van der Waals surface area (Å²) in [5.41, 5.74) is 0.913. The summed E-state index contributed by atoms with van der Waals surface area (Å²) in [6.45, 7) is 4.75. The van der Waals surface area contributed by atoms with Crippen LogP contribution in [0.2, 0.25) is 0 Å². The van der Waals surface area contributed by atoms with Crippen molar-refractivity contribution in [2.75, 3.05) is 18.5 Å². The molecule has 0 atom stereocenters. The number of nitriles is 1. The van der Waals surface area contributed by atoms with E-state index >= 15 is 0 Å². The van der Waals surface area contributed by atoms with Crippen molar-refractivity contribution >= 4 is 23.6 Å². The van der Waals surface area contributed by atoms with Crippen molar-refractivity contribution in [3.63, 3.8) is 0 Å². The zero-order valence-corrected chi connectivity index (χ0v) is 16.3. The molecule has 0 aliphatic rings. The smallest absolute Gasteiger partial charge is 0.335 e. The molecule has 0 fully saturated rings. The molecule has 0 spiro atoms. The molecule has 2 aromatic carbocycles. The Morgan fingerprint density at radius 2 is 1.86 bits per heavy atom. The molecule has 0 aliphatic heterocycles. The summed E-state index contributed by atoms with van der Waals surface area (Å²) < 4.78 is 11.4. The van der Waals surface area contributed by atoms with E-state index in [0.29, 0.717) is 36.0 Å². The van der Waals surface area contributed by atoms with Crippen LogP contribution in [0.5, 0.6) is 11.5 Å². The Bertz CT molecular complexity index is 943. The predicted octanol–water partition coefficient (Wildman–Crippen LogP) is 4.12. The van der Waals surface area contributed by atoms with Gasteiger partial charge in [0.25, 0.3) is 5.91 Å². The highest BCUT2D eigenvalue weighted by Gasteiger charge is 2.14. The molecule has 2 N–H and O–H groups in total. The van der Waals surface area contributed by atoms with Gasteiger partial charge >= 0.3 is 5.97 Å². The number of benzene rings is 2. The summed E-state index contributed by atoms with van der Waals surface area (Å²) in [5, 5.41) is 21.0. The normalized spacial score (nSPS) is 10.7. The van der Waals surface area contributed by atoms with Crippen LogP contribution in [0.1, 0.15) is 36.2 Å². The fourth-order valence-electron chi connectivity index (χ4n) is 2.47. The number of carbonyl (C=O) groups is 2.